The molecule has 1 fully saturated rings. The first-order valence-electron chi connectivity index (χ1n) is 7.14. The van der Waals surface area contributed by atoms with E-state index in [9.17, 15) is 0 Å². The fraction of sp³-hybridized carbons (Fsp3) is 0.438. The second-order valence-corrected chi connectivity index (χ2v) is 5.56. The lowest BCUT2D eigenvalue weighted by Gasteiger charge is -2.18. The summed E-state index contributed by atoms with van der Waals surface area (Å²) < 4.78 is 1.95. The molecule has 1 heterocycles. The molecule has 0 bridgehead atoms. The molecule has 1 aromatic carbocycles. The van der Waals surface area contributed by atoms with E-state index < -0.39 is 0 Å². The first-order valence-corrected chi connectivity index (χ1v) is 7.14. The average Bonchev–Trinajstić information content (AvgIpc) is 3.05. The van der Waals surface area contributed by atoms with E-state index in [1.54, 1.807) is 0 Å². The van der Waals surface area contributed by atoms with Crippen LogP contribution in [0.25, 0.3) is 0 Å². The molecule has 19 heavy (non-hydrogen) atoms. The van der Waals surface area contributed by atoms with Gasteiger partial charge in [-0.3, -0.25) is 4.68 Å². The Balaban J connectivity index is 1.62. The van der Waals surface area contributed by atoms with Crippen LogP contribution in [0.4, 0.5) is 5.69 Å². The van der Waals surface area contributed by atoms with Crippen LogP contribution in [0.5, 0.6) is 0 Å². The van der Waals surface area contributed by atoms with Gasteiger partial charge in [-0.15, -0.1) is 0 Å². The van der Waals surface area contributed by atoms with Crippen molar-refractivity contribution in [2.45, 2.75) is 38.8 Å². The number of nitrogens with zero attached hydrogens (tertiary/aromatic N) is 2. The van der Waals surface area contributed by atoms with Crippen molar-refractivity contribution >= 4 is 5.69 Å². The van der Waals surface area contributed by atoms with Crippen LogP contribution in [0.1, 0.15) is 31.7 Å². The van der Waals surface area contributed by atoms with E-state index in [4.69, 9.17) is 0 Å². The first-order chi connectivity index (χ1) is 9.31. The number of benzene rings is 1. The Morgan fingerprint density at radius 3 is 2.74 bits per heavy atom. The summed E-state index contributed by atoms with van der Waals surface area (Å²) in [6.45, 7) is 3.18. The smallest absolute Gasteiger partial charge is 0.0659 e. The van der Waals surface area contributed by atoms with Crippen molar-refractivity contribution in [3.8, 4) is 0 Å². The molecular weight excluding hydrogens is 234 g/mol. The van der Waals surface area contributed by atoms with Gasteiger partial charge in [-0.25, -0.2) is 0 Å². The van der Waals surface area contributed by atoms with E-state index in [2.05, 4.69) is 41.6 Å². The highest BCUT2D eigenvalue weighted by molar-refractivity contribution is 5.45. The van der Waals surface area contributed by atoms with Crippen molar-refractivity contribution in [1.82, 2.24) is 9.78 Å². The first kappa shape index (κ1) is 12.3. The summed E-state index contributed by atoms with van der Waals surface area (Å²) in [5.41, 5.74) is 2.52. The highest BCUT2D eigenvalue weighted by atomic mass is 15.3. The second kappa shape index (κ2) is 5.47. The van der Waals surface area contributed by atoms with Crippen molar-refractivity contribution in [2.24, 2.45) is 5.92 Å². The average molecular weight is 255 g/mol. The Bertz CT molecular complexity index is 501. The Morgan fingerprint density at radius 2 is 2.11 bits per heavy atom. The molecule has 0 radical (unpaired) electrons. The molecule has 1 aromatic heterocycles. The quantitative estimate of drug-likeness (QED) is 0.905. The summed E-state index contributed by atoms with van der Waals surface area (Å²) in [6, 6.07) is 11.3. The largest absolute Gasteiger partial charge is 0.382 e. The van der Waals surface area contributed by atoms with E-state index in [-0.39, 0.29) is 0 Å². The van der Waals surface area contributed by atoms with Crippen LogP contribution in [-0.2, 0) is 6.54 Å². The Morgan fingerprint density at radius 1 is 1.26 bits per heavy atom. The lowest BCUT2D eigenvalue weighted by Crippen LogP contribution is -2.21. The standard InChI is InChI=1S/C16H21N3/c1-13-4-2-5-16(13)18-15-8-6-14(7-9-15)12-19-11-3-10-17-19/h3,6-11,13,16,18H,2,4-5,12H2,1H3. The SMILES string of the molecule is CC1CCCC1Nc1ccc(Cn2cccn2)cc1. The molecule has 3 heteroatoms. The summed E-state index contributed by atoms with van der Waals surface area (Å²) in [5, 5.41) is 7.88. The van der Waals surface area contributed by atoms with Crippen molar-refractivity contribution in [3.05, 3.63) is 48.3 Å². The van der Waals surface area contributed by atoms with Gasteiger partial charge in [-0.2, -0.15) is 5.10 Å². The molecule has 100 valence electrons. The van der Waals surface area contributed by atoms with Gasteiger partial charge in [-0.05, 0) is 42.5 Å². The van der Waals surface area contributed by atoms with E-state index in [0.29, 0.717) is 6.04 Å². The van der Waals surface area contributed by atoms with Crippen molar-refractivity contribution in [1.29, 1.82) is 0 Å². The van der Waals surface area contributed by atoms with Gasteiger partial charge in [0.1, 0.15) is 0 Å². The second-order valence-electron chi connectivity index (χ2n) is 5.56. The van der Waals surface area contributed by atoms with Gasteiger partial charge in [0.25, 0.3) is 0 Å². The summed E-state index contributed by atoms with van der Waals surface area (Å²) in [5.74, 6) is 0.795. The van der Waals surface area contributed by atoms with Crippen molar-refractivity contribution in [3.63, 3.8) is 0 Å². The van der Waals surface area contributed by atoms with E-state index in [1.165, 1.54) is 30.5 Å². The predicted molar refractivity (Wildman–Crippen MR) is 78.2 cm³/mol. The van der Waals surface area contributed by atoms with Gasteiger partial charge in [0.2, 0.25) is 0 Å². The van der Waals surface area contributed by atoms with Gasteiger partial charge < -0.3 is 5.32 Å². The lowest BCUT2D eigenvalue weighted by atomic mass is 10.1. The molecule has 3 rings (SSSR count). The third-order valence-electron chi connectivity index (χ3n) is 4.07. The normalized spacial score (nSPS) is 22.6. The summed E-state index contributed by atoms with van der Waals surface area (Å²) in [4.78, 5) is 0. The molecule has 0 aliphatic heterocycles. The van der Waals surface area contributed by atoms with Crippen LogP contribution in [0, 0.1) is 5.92 Å². The maximum Gasteiger partial charge on any atom is 0.0659 e. The zero-order valence-corrected chi connectivity index (χ0v) is 11.4. The fourth-order valence-corrected chi connectivity index (χ4v) is 2.86. The minimum atomic E-state index is 0.650. The van der Waals surface area contributed by atoms with E-state index in [1.807, 2.05) is 23.1 Å². The van der Waals surface area contributed by atoms with Gasteiger partial charge in [0.15, 0.2) is 0 Å². The lowest BCUT2D eigenvalue weighted by molar-refractivity contribution is 0.556. The molecule has 2 unspecified atom stereocenters. The zero-order valence-electron chi connectivity index (χ0n) is 11.4. The minimum absolute atomic E-state index is 0.650. The molecule has 0 spiro atoms. The number of rotatable bonds is 4. The zero-order chi connectivity index (χ0) is 13.1. The molecule has 2 aromatic rings. The van der Waals surface area contributed by atoms with Gasteiger partial charge >= 0.3 is 0 Å². The maximum absolute atomic E-state index is 4.23. The van der Waals surface area contributed by atoms with Crippen LogP contribution in [0.3, 0.4) is 0 Å². The van der Waals surface area contributed by atoms with Crippen molar-refractivity contribution < 1.29 is 0 Å². The van der Waals surface area contributed by atoms with Crippen LogP contribution in [0.15, 0.2) is 42.7 Å². The highest BCUT2D eigenvalue weighted by Gasteiger charge is 2.22. The van der Waals surface area contributed by atoms with Crippen molar-refractivity contribution in [2.75, 3.05) is 5.32 Å². The predicted octanol–water partition coefficient (Wildman–Crippen LogP) is 3.53. The summed E-state index contributed by atoms with van der Waals surface area (Å²) in [7, 11) is 0. The molecule has 1 N–H and O–H groups in total. The van der Waals surface area contributed by atoms with E-state index >= 15 is 0 Å². The third-order valence-corrected chi connectivity index (χ3v) is 4.07. The summed E-state index contributed by atoms with van der Waals surface area (Å²) in [6.07, 6.45) is 7.82. The molecular formula is C16H21N3. The summed E-state index contributed by atoms with van der Waals surface area (Å²) >= 11 is 0. The molecule has 3 nitrogen and oxygen atoms in total. The fourth-order valence-electron chi connectivity index (χ4n) is 2.86. The highest BCUT2D eigenvalue weighted by Crippen LogP contribution is 2.28. The van der Waals surface area contributed by atoms with E-state index in [0.717, 1.165) is 12.5 Å². The topological polar surface area (TPSA) is 29.9 Å². The molecule has 0 amide bonds. The van der Waals surface area contributed by atoms with Crippen LogP contribution >= 0.6 is 0 Å². The number of hydrogen-bond donors (Lipinski definition) is 1. The molecule has 1 aliphatic carbocycles. The number of nitrogens with one attached hydrogen (secondary N) is 1. The molecule has 1 aliphatic rings. The Kier molecular flexibility index (Phi) is 3.53. The molecule has 2 atom stereocenters. The van der Waals surface area contributed by atoms with Crippen LogP contribution in [-0.4, -0.2) is 15.8 Å². The maximum atomic E-state index is 4.23. The van der Waals surface area contributed by atoms with Gasteiger partial charge in [-0.1, -0.05) is 25.5 Å². The monoisotopic (exact) mass is 255 g/mol. The van der Waals surface area contributed by atoms with Gasteiger partial charge in [0, 0.05) is 24.1 Å². The number of anilines is 1. The van der Waals surface area contributed by atoms with Crippen LogP contribution in [0.2, 0.25) is 0 Å². The number of hydrogen-bond acceptors (Lipinski definition) is 2. The molecule has 1 saturated carbocycles. The molecule has 0 saturated heterocycles. The third kappa shape index (κ3) is 2.98. The Hall–Kier alpha value is -1.77. The van der Waals surface area contributed by atoms with Crippen LogP contribution < -0.4 is 5.32 Å². The Labute approximate surface area is 114 Å². The number of aromatic nitrogens is 2. The minimum Gasteiger partial charge on any atom is -0.382 e. The van der Waals surface area contributed by atoms with Gasteiger partial charge in [0.05, 0.1) is 6.54 Å².